The first-order valence-electron chi connectivity index (χ1n) is 8.69. The molecule has 25 heavy (non-hydrogen) atoms. The van der Waals surface area contributed by atoms with Crippen LogP contribution in [0.3, 0.4) is 0 Å². The Kier molecular flexibility index (Phi) is 5.08. The Morgan fingerprint density at radius 1 is 1.40 bits per heavy atom. The van der Waals surface area contributed by atoms with E-state index < -0.39 is 5.97 Å². The molecule has 0 bridgehead atoms. The van der Waals surface area contributed by atoms with Gasteiger partial charge in [-0.3, -0.25) is 4.68 Å². The quantitative estimate of drug-likeness (QED) is 0.843. The molecule has 0 aliphatic heterocycles. The lowest BCUT2D eigenvalue weighted by atomic mass is 9.95. The van der Waals surface area contributed by atoms with Crippen molar-refractivity contribution in [3.05, 3.63) is 46.3 Å². The van der Waals surface area contributed by atoms with E-state index in [1.165, 1.54) is 36.9 Å². The molecule has 1 aromatic heterocycles. The summed E-state index contributed by atoms with van der Waals surface area (Å²) >= 11 is 0. The third-order valence-electron chi connectivity index (χ3n) is 4.98. The van der Waals surface area contributed by atoms with Gasteiger partial charge in [0.2, 0.25) is 0 Å². The number of nitrogens with one attached hydrogen (secondary N) is 1. The summed E-state index contributed by atoms with van der Waals surface area (Å²) in [5.74, 6) is -0.601. The third-order valence-corrected chi connectivity index (χ3v) is 4.98. The molecule has 1 aliphatic rings. The Morgan fingerprint density at radius 2 is 2.16 bits per heavy atom. The highest BCUT2D eigenvalue weighted by molar-refractivity contribution is 5.91. The van der Waals surface area contributed by atoms with Crippen LogP contribution in [0.25, 0.3) is 0 Å². The molecule has 0 amide bonds. The topological polar surface area (TPSA) is 76.4 Å². The number of carbonyl (C=O) groups is 1. The van der Waals surface area contributed by atoms with Crippen molar-refractivity contribution in [3.63, 3.8) is 0 Å². The first-order valence-corrected chi connectivity index (χ1v) is 8.69. The molecule has 1 heterocycles. The molecule has 0 unspecified atom stereocenters. The van der Waals surface area contributed by atoms with Gasteiger partial charge in [-0.25, -0.2) is 4.79 Å². The first-order chi connectivity index (χ1) is 12.0. The van der Waals surface area contributed by atoms with Gasteiger partial charge in [0.1, 0.15) is 11.3 Å². The predicted molar refractivity (Wildman–Crippen MR) is 95.1 cm³/mol. The lowest BCUT2D eigenvalue weighted by Crippen LogP contribution is -2.21. The summed E-state index contributed by atoms with van der Waals surface area (Å²) in [5.41, 5.74) is 4.96. The van der Waals surface area contributed by atoms with E-state index >= 15 is 0 Å². The molecule has 0 saturated heterocycles. The van der Waals surface area contributed by atoms with E-state index in [1.54, 1.807) is 12.1 Å². The molecule has 0 saturated carbocycles. The normalized spacial score (nSPS) is 14.8. The number of aromatic nitrogens is 2. The van der Waals surface area contributed by atoms with E-state index in [0.717, 1.165) is 18.4 Å². The Morgan fingerprint density at radius 3 is 2.88 bits per heavy atom. The van der Waals surface area contributed by atoms with Gasteiger partial charge in [0.05, 0.1) is 18.5 Å². The van der Waals surface area contributed by atoms with Crippen molar-refractivity contribution in [2.24, 2.45) is 7.05 Å². The highest BCUT2D eigenvalue weighted by Gasteiger charge is 2.20. The van der Waals surface area contributed by atoms with E-state index in [-0.39, 0.29) is 11.6 Å². The number of nitrogens with zero attached hydrogens (tertiary/aromatic N) is 2. The Balaban J connectivity index is 1.75. The second-order valence-electron chi connectivity index (χ2n) is 6.57. The van der Waals surface area contributed by atoms with E-state index in [4.69, 9.17) is 4.74 Å². The molecule has 1 atom stereocenters. The van der Waals surface area contributed by atoms with Gasteiger partial charge in [-0.1, -0.05) is 6.07 Å². The van der Waals surface area contributed by atoms with Crippen LogP contribution >= 0.6 is 0 Å². The van der Waals surface area contributed by atoms with Crippen molar-refractivity contribution in [2.75, 3.05) is 7.11 Å². The average molecular weight is 343 g/mol. The maximum Gasteiger partial charge on any atom is 0.339 e. The zero-order valence-corrected chi connectivity index (χ0v) is 15.0. The lowest BCUT2D eigenvalue weighted by Gasteiger charge is -2.17. The van der Waals surface area contributed by atoms with Crippen molar-refractivity contribution in [3.8, 4) is 5.75 Å². The summed E-state index contributed by atoms with van der Waals surface area (Å²) in [7, 11) is 3.48. The summed E-state index contributed by atoms with van der Waals surface area (Å²) < 4.78 is 7.10. The Hall–Kier alpha value is -2.34. The standard InChI is InChI=1S/C19H25N3O3/c1-12(13-8-9-18(25-3)15(10-13)19(23)24)20-11-17-14-6-4-5-7-16(14)21-22(17)2/h8-10,12,20H,4-7,11H2,1-3H3,(H,23,24)/t12-/m0/s1. The smallest absolute Gasteiger partial charge is 0.339 e. The molecule has 2 aromatic rings. The van der Waals surface area contributed by atoms with Gasteiger partial charge in [-0.15, -0.1) is 0 Å². The number of hydrogen-bond acceptors (Lipinski definition) is 4. The maximum atomic E-state index is 11.4. The SMILES string of the molecule is COc1ccc([C@H](C)NCc2c3c(nn2C)CCCC3)cc1C(=O)O. The molecule has 0 radical (unpaired) electrons. The van der Waals surface area contributed by atoms with Crippen LogP contribution < -0.4 is 10.1 Å². The van der Waals surface area contributed by atoms with Crippen molar-refractivity contribution < 1.29 is 14.6 Å². The van der Waals surface area contributed by atoms with E-state index in [2.05, 4.69) is 10.4 Å². The van der Waals surface area contributed by atoms with Gasteiger partial charge < -0.3 is 15.2 Å². The fraction of sp³-hybridized carbons (Fsp3) is 0.474. The number of carboxylic acids is 1. The highest BCUT2D eigenvalue weighted by Crippen LogP contribution is 2.26. The number of methoxy groups -OCH3 is 1. The number of carboxylic acid groups (broad SMARTS) is 1. The third kappa shape index (κ3) is 3.54. The minimum atomic E-state index is -0.980. The summed E-state index contributed by atoms with van der Waals surface area (Å²) in [6, 6.07) is 5.32. The van der Waals surface area contributed by atoms with Crippen LogP contribution in [0.4, 0.5) is 0 Å². The van der Waals surface area contributed by atoms with Crippen LogP contribution in [0.5, 0.6) is 5.75 Å². The maximum absolute atomic E-state index is 11.4. The average Bonchev–Trinajstić information content (AvgIpc) is 2.94. The van der Waals surface area contributed by atoms with Gasteiger partial charge in [0.15, 0.2) is 0 Å². The number of hydrogen-bond donors (Lipinski definition) is 2. The molecule has 1 aromatic carbocycles. The molecule has 6 nitrogen and oxygen atoms in total. The Labute approximate surface area is 147 Å². The second kappa shape index (κ2) is 7.27. The molecule has 134 valence electrons. The monoisotopic (exact) mass is 343 g/mol. The van der Waals surface area contributed by atoms with E-state index in [1.807, 2.05) is 24.7 Å². The largest absolute Gasteiger partial charge is 0.496 e. The molecular formula is C19H25N3O3. The van der Waals surface area contributed by atoms with Crippen molar-refractivity contribution >= 4 is 5.97 Å². The van der Waals surface area contributed by atoms with Crippen LogP contribution in [0.1, 0.15) is 58.7 Å². The number of aryl methyl sites for hydroxylation is 2. The molecule has 2 N–H and O–H groups in total. The molecule has 0 fully saturated rings. The minimum Gasteiger partial charge on any atom is -0.496 e. The second-order valence-corrected chi connectivity index (χ2v) is 6.57. The summed E-state index contributed by atoms with van der Waals surface area (Å²) in [6.07, 6.45) is 4.61. The van der Waals surface area contributed by atoms with Crippen molar-refractivity contribution in [1.82, 2.24) is 15.1 Å². The summed E-state index contributed by atoms with van der Waals surface area (Å²) in [4.78, 5) is 11.4. The predicted octanol–water partition coefficient (Wildman–Crippen LogP) is 2.86. The van der Waals surface area contributed by atoms with Crippen LogP contribution in [0.15, 0.2) is 18.2 Å². The highest BCUT2D eigenvalue weighted by atomic mass is 16.5. The number of aromatic carboxylic acids is 1. The van der Waals surface area contributed by atoms with Gasteiger partial charge in [0, 0.05) is 19.6 Å². The summed E-state index contributed by atoms with van der Waals surface area (Å²) in [5, 5.41) is 17.5. The van der Waals surface area contributed by atoms with Crippen molar-refractivity contribution in [1.29, 1.82) is 0 Å². The molecule has 3 rings (SSSR count). The number of fused-ring (bicyclic) bond motifs is 1. The van der Waals surface area contributed by atoms with Crippen LogP contribution in [-0.2, 0) is 26.4 Å². The molecule has 0 spiro atoms. The zero-order chi connectivity index (χ0) is 18.0. The van der Waals surface area contributed by atoms with Gasteiger partial charge in [0.25, 0.3) is 0 Å². The van der Waals surface area contributed by atoms with Crippen LogP contribution in [-0.4, -0.2) is 28.0 Å². The number of benzene rings is 1. The van der Waals surface area contributed by atoms with E-state index in [0.29, 0.717) is 12.3 Å². The van der Waals surface area contributed by atoms with Gasteiger partial charge >= 0.3 is 5.97 Å². The fourth-order valence-corrected chi connectivity index (χ4v) is 3.50. The minimum absolute atomic E-state index is 0.0261. The van der Waals surface area contributed by atoms with Gasteiger partial charge in [-0.05, 0) is 55.9 Å². The molecule has 6 heteroatoms. The zero-order valence-electron chi connectivity index (χ0n) is 15.0. The molecular weight excluding hydrogens is 318 g/mol. The molecule has 1 aliphatic carbocycles. The van der Waals surface area contributed by atoms with Crippen LogP contribution in [0.2, 0.25) is 0 Å². The lowest BCUT2D eigenvalue weighted by molar-refractivity contribution is 0.0693. The van der Waals surface area contributed by atoms with Crippen LogP contribution in [0, 0.1) is 0 Å². The summed E-state index contributed by atoms with van der Waals surface area (Å²) in [6.45, 7) is 2.75. The van der Waals surface area contributed by atoms with E-state index in [9.17, 15) is 9.90 Å². The first kappa shape index (κ1) is 17.5. The fourth-order valence-electron chi connectivity index (χ4n) is 3.50. The number of rotatable bonds is 6. The van der Waals surface area contributed by atoms with Gasteiger partial charge in [-0.2, -0.15) is 5.10 Å². The Bertz CT molecular complexity index is 782. The number of ether oxygens (including phenoxy) is 1. The van der Waals surface area contributed by atoms with Crippen molar-refractivity contribution in [2.45, 2.75) is 45.2 Å².